The molecule has 164 valence electrons. The molecule has 0 aromatic carbocycles. The van der Waals surface area contributed by atoms with Crippen LogP contribution in [-0.4, -0.2) is 44.2 Å². The van der Waals surface area contributed by atoms with E-state index in [0.717, 1.165) is 28.6 Å². The lowest BCUT2D eigenvalue weighted by Gasteiger charge is -2.11. The van der Waals surface area contributed by atoms with Gasteiger partial charge in [0, 0.05) is 60.1 Å². The molecule has 0 spiro atoms. The highest BCUT2D eigenvalue weighted by atomic mass is 32.2. The summed E-state index contributed by atoms with van der Waals surface area (Å²) in [5.41, 5.74) is 3.97. The van der Waals surface area contributed by atoms with Crippen molar-refractivity contribution < 1.29 is 8.42 Å². The zero-order valence-corrected chi connectivity index (χ0v) is 18.4. The number of pyridine rings is 3. The Bertz CT molecular complexity index is 1540. The third kappa shape index (κ3) is 4.28. The maximum absolute atomic E-state index is 12.0. The van der Waals surface area contributed by atoms with Crippen LogP contribution in [0.25, 0.3) is 28.0 Å². The number of sulfone groups is 1. The maximum atomic E-state index is 12.0. The van der Waals surface area contributed by atoms with Gasteiger partial charge in [0.05, 0.1) is 17.1 Å². The Morgan fingerprint density at radius 2 is 1.85 bits per heavy atom. The van der Waals surface area contributed by atoms with Gasteiger partial charge in [-0.1, -0.05) is 12.1 Å². The lowest BCUT2D eigenvalue weighted by atomic mass is 10.1. The molecule has 0 amide bonds. The molecule has 0 saturated carbocycles. The van der Waals surface area contributed by atoms with Crippen LogP contribution in [0.3, 0.4) is 0 Å². The molecule has 0 atom stereocenters. The van der Waals surface area contributed by atoms with E-state index in [0.29, 0.717) is 23.8 Å². The molecular weight excluding hydrogens is 438 g/mol. The number of aromatic nitrogens is 6. The molecule has 0 saturated heterocycles. The number of rotatable bonds is 6. The molecule has 33 heavy (non-hydrogen) atoms. The van der Waals surface area contributed by atoms with Crippen molar-refractivity contribution in [2.75, 3.05) is 11.6 Å². The van der Waals surface area contributed by atoms with Crippen molar-refractivity contribution >= 4 is 21.2 Å². The Kier molecular flexibility index (Phi) is 5.27. The van der Waals surface area contributed by atoms with E-state index in [1.807, 2.05) is 42.6 Å². The van der Waals surface area contributed by atoms with Gasteiger partial charge in [0.2, 0.25) is 0 Å². The maximum Gasteiger partial charge on any atom is 0.183 e. The van der Waals surface area contributed by atoms with Crippen LogP contribution in [0.2, 0.25) is 0 Å². The Morgan fingerprint density at radius 3 is 2.61 bits per heavy atom. The average molecular weight is 458 g/mol. The van der Waals surface area contributed by atoms with Crippen molar-refractivity contribution in [3.05, 3.63) is 85.3 Å². The first-order chi connectivity index (χ1) is 16.0. The lowest BCUT2D eigenvalue weighted by molar-refractivity contribution is 0.601. The summed E-state index contributed by atoms with van der Waals surface area (Å²) in [6.45, 7) is 0.451. The highest BCUT2D eigenvalue weighted by molar-refractivity contribution is 7.90. The number of nitrogens with zero attached hydrogens (tertiary/aromatic N) is 6. The van der Waals surface area contributed by atoms with Gasteiger partial charge in [0.1, 0.15) is 5.52 Å². The zero-order valence-electron chi connectivity index (χ0n) is 17.6. The van der Waals surface area contributed by atoms with Crippen LogP contribution in [-0.2, 0) is 16.4 Å². The second kappa shape index (κ2) is 8.40. The largest absolute Gasteiger partial charge is 0.363 e. The molecule has 0 fully saturated rings. The van der Waals surface area contributed by atoms with Crippen LogP contribution in [0.1, 0.15) is 5.69 Å². The summed E-state index contributed by atoms with van der Waals surface area (Å²) in [4.78, 5) is 17.5. The molecule has 5 heterocycles. The summed E-state index contributed by atoms with van der Waals surface area (Å²) in [6, 6.07) is 13.0. The van der Waals surface area contributed by atoms with Crippen molar-refractivity contribution in [3.8, 4) is 22.5 Å². The standard InChI is InChI=1S/C23H19N7O2S/c1-33(31,32)19-11-17(13-25-15-19)22-28-23(27-14-18-6-2-3-9-26-18)21-20(7-10-30(21)29-22)16-5-4-8-24-12-16/h2-13,15H,14H2,1H3,(H,27,28,29). The fraction of sp³-hybridized carbons (Fsp3) is 0.0870. The fourth-order valence-corrected chi connectivity index (χ4v) is 4.04. The Morgan fingerprint density at radius 1 is 0.970 bits per heavy atom. The lowest BCUT2D eigenvalue weighted by Crippen LogP contribution is -2.08. The van der Waals surface area contributed by atoms with Crippen LogP contribution < -0.4 is 5.32 Å². The van der Waals surface area contributed by atoms with Crippen molar-refractivity contribution in [2.24, 2.45) is 0 Å². The third-order valence-corrected chi connectivity index (χ3v) is 6.13. The number of hydrogen-bond donors (Lipinski definition) is 1. The molecule has 0 aliphatic carbocycles. The van der Waals surface area contributed by atoms with Gasteiger partial charge in [0.15, 0.2) is 21.5 Å². The van der Waals surface area contributed by atoms with E-state index >= 15 is 0 Å². The molecule has 10 heteroatoms. The topological polar surface area (TPSA) is 115 Å². The molecule has 0 aliphatic rings. The Balaban J connectivity index is 1.65. The van der Waals surface area contributed by atoms with Gasteiger partial charge in [-0.25, -0.2) is 17.9 Å². The van der Waals surface area contributed by atoms with E-state index in [4.69, 9.17) is 4.98 Å². The molecular formula is C23H19N7O2S. The molecule has 0 unspecified atom stereocenters. The number of fused-ring (bicyclic) bond motifs is 1. The minimum absolute atomic E-state index is 0.107. The zero-order chi connectivity index (χ0) is 22.8. The monoisotopic (exact) mass is 457 g/mol. The minimum Gasteiger partial charge on any atom is -0.363 e. The van der Waals surface area contributed by atoms with E-state index in [2.05, 4.69) is 25.4 Å². The predicted octanol–water partition coefficient (Wildman–Crippen LogP) is 3.26. The van der Waals surface area contributed by atoms with Gasteiger partial charge in [-0.15, -0.1) is 5.10 Å². The second-order valence-corrected chi connectivity index (χ2v) is 9.42. The first-order valence-electron chi connectivity index (χ1n) is 10.1. The van der Waals surface area contributed by atoms with Crippen molar-refractivity contribution in [2.45, 2.75) is 11.4 Å². The second-order valence-electron chi connectivity index (χ2n) is 7.40. The van der Waals surface area contributed by atoms with Crippen LogP contribution in [0, 0.1) is 0 Å². The van der Waals surface area contributed by atoms with Gasteiger partial charge in [-0.3, -0.25) is 15.0 Å². The Labute approximate surface area is 190 Å². The molecule has 1 N–H and O–H groups in total. The summed E-state index contributed by atoms with van der Waals surface area (Å²) in [6.07, 6.45) is 11.1. The molecule has 9 nitrogen and oxygen atoms in total. The van der Waals surface area contributed by atoms with Crippen molar-refractivity contribution in [3.63, 3.8) is 0 Å². The van der Waals surface area contributed by atoms with E-state index in [1.165, 1.54) is 12.3 Å². The van der Waals surface area contributed by atoms with Crippen molar-refractivity contribution in [1.29, 1.82) is 0 Å². The van der Waals surface area contributed by atoms with Gasteiger partial charge in [-0.05, 0) is 30.3 Å². The van der Waals surface area contributed by atoms with E-state index in [1.54, 1.807) is 29.3 Å². The fourth-order valence-electron chi connectivity index (χ4n) is 3.45. The first kappa shape index (κ1) is 20.7. The van der Waals surface area contributed by atoms with Crippen LogP contribution in [0.4, 0.5) is 5.82 Å². The predicted molar refractivity (Wildman–Crippen MR) is 124 cm³/mol. The number of hydrogen-bond acceptors (Lipinski definition) is 8. The summed E-state index contributed by atoms with van der Waals surface area (Å²) < 4.78 is 25.7. The average Bonchev–Trinajstić information content (AvgIpc) is 3.28. The quantitative estimate of drug-likeness (QED) is 0.413. The Hall–Kier alpha value is -4.18. The summed E-state index contributed by atoms with van der Waals surface area (Å²) in [5, 5.41) is 7.99. The van der Waals surface area contributed by atoms with Gasteiger partial charge < -0.3 is 5.32 Å². The van der Waals surface area contributed by atoms with E-state index < -0.39 is 9.84 Å². The summed E-state index contributed by atoms with van der Waals surface area (Å²) in [7, 11) is -3.42. The molecule has 5 aromatic heterocycles. The molecule has 0 aliphatic heterocycles. The highest BCUT2D eigenvalue weighted by Gasteiger charge is 2.17. The summed E-state index contributed by atoms with van der Waals surface area (Å²) in [5.74, 6) is 0.927. The third-order valence-electron chi connectivity index (χ3n) is 5.05. The van der Waals surface area contributed by atoms with Crippen LogP contribution in [0.15, 0.2) is 84.5 Å². The SMILES string of the molecule is CS(=O)(=O)c1cncc(-c2nc(NCc3ccccn3)c3c(-c4cccnc4)ccn3n2)c1. The van der Waals surface area contributed by atoms with Crippen molar-refractivity contribution in [1.82, 2.24) is 29.5 Å². The van der Waals surface area contributed by atoms with Gasteiger partial charge >= 0.3 is 0 Å². The highest BCUT2D eigenvalue weighted by Crippen LogP contribution is 2.31. The molecule has 5 rings (SSSR count). The normalized spacial score (nSPS) is 11.5. The van der Waals surface area contributed by atoms with Gasteiger partial charge in [0.25, 0.3) is 0 Å². The minimum atomic E-state index is -3.42. The first-order valence-corrected chi connectivity index (χ1v) is 12.0. The smallest absolute Gasteiger partial charge is 0.183 e. The van der Waals surface area contributed by atoms with Crippen LogP contribution >= 0.6 is 0 Å². The summed E-state index contributed by atoms with van der Waals surface area (Å²) >= 11 is 0. The molecule has 0 bridgehead atoms. The van der Waals surface area contributed by atoms with E-state index in [-0.39, 0.29) is 4.90 Å². The van der Waals surface area contributed by atoms with Gasteiger partial charge in [-0.2, -0.15) is 0 Å². The molecule has 0 radical (unpaired) electrons. The number of anilines is 1. The van der Waals surface area contributed by atoms with Crippen LogP contribution in [0.5, 0.6) is 0 Å². The van der Waals surface area contributed by atoms with E-state index in [9.17, 15) is 8.42 Å². The number of nitrogens with one attached hydrogen (secondary N) is 1. The molecule has 5 aromatic rings.